The number of carbonyl (C=O) groups is 1. The molecule has 0 aliphatic rings. The van der Waals surface area contributed by atoms with Gasteiger partial charge in [0.1, 0.15) is 0 Å². The third-order valence-corrected chi connectivity index (χ3v) is 4.02. The molecule has 0 aliphatic carbocycles. The zero-order valence-electron chi connectivity index (χ0n) is 13.6. The molecule has 0 amide bonds. The SMILES string of the molecule is CCc1nn(CC)c(CN(CCC(=O)O)C(C)(C)C)c1Cl. The molecule has 0 aliphatic heterocycles. The van der Waals surface area contributed by atoms with Crippen LogP contribution in [0.4, 0.5) is 0 Å². The van der Waals surface area contributed by atoms with Crippen molar-refractivity contribution in [3.63, 3.8) is 0 Å². The number of rotatable bonds is 7. The summed E-state index contributed by atoms with van der Waals surface area (Å²) in [5.41, 5.74) is 1.74. The molecule has 5 nitrogen and oxygen atoms in total. The van der Waals surface area contributed by atoms with Crippen LogP contribution in [0.1, 0.15) is 52.4 Å². The molecule has 21 heavy (non-hydrogen) atoms. The Kier molecular flexibility index (Phi) is 6.23. The highest BCUT2D eigenvalue weighted by molar-refractivity contribution is 6.31. The molecule has 0 radical (unpaired) electrons. The fourth-order valence-electron chi connectivity index (χ4n) is 2.23. The maximum Gasteiger partial charge on any atom is 0.304 e. The van der Waals surface area contributed by atoms with Gasteiger partial charge in [0, 0.05) is 25.2 Å². The van der Waals surface area contributed by atoms with Crippen LogP contribution >= 0.6 is 11.6 Å². The van der Waals surface area contributed by atoms with Crippen molar-refractivity contribution >= 4 is 17.6 Å². The second-order valence-corrected chi connectivity index (χ2v) is 6.49. The van der Waals surface area contributed by atoms with Gasteiger partial charge < -0.3 is 5.11 Å². The maximum absolute atomic E-state index is 10.9. The number of aliphatic carboxylic acids is 1. The average molecular weight is 316 g/mol. The summed E-state index contributed by atoms with van der Waals surface area (Å²) in [5.74, 6) is -0.784. The van der Waals surface area contributed by atoms with E-state index in [1.807, 2.05) is 18.5 Å². The molecule has 1 heterocycles. The van der Waals surface area contributed by atoms with Crippen LogP contribution in [0.25, 0.3) is 0 Å². The number of aromatic nitrogens is 2. The Labute approximate surface area is 131 Å². The molecule has 0 unspecified atom stereocenters. The van der Waals surface area contributed by atoms with Crippen LogP contribution < -0.4 is 0 Å². The van der Waals surface area contributed by atoms with Crippen molar-refractivity contribution in [2.24, 2.45) is 0 Å². The van der Waals surface area contributed by atoms with Crippen molar-refractivity contribution in [1.82, 2.24) is 14.7 Å². The van der Waals surface area contributed by atoms with Crippen LogP contribution in [-0.2, 0) is 24.3 Å². The number of carboxylic acid groups (broad SMARTS) is 1. The molecule has 0 fully saturated rings. The Morgan fingerprint density at radius 2 is 2.00 bits per heavy atom. The minimum Gasteiger partial charge on any atom is -0.481 e. The standard InChI is InChI=1S/C15H26ClN3O2/c1-6-11-14(16)12(19(7-2)17-11)10-18(15(3,4)5)9-8-13(20)21/h6-10H2,1-5H3,(H,20,21). The molecule has 1 rings (SSSR count). The average Bonchev–Trinajstić information content (AvgIpc) is 2.69. The third-order valence-electron chi connectivity index (χ3n) is 3.58. The van der Waals surface area contributed by atoms with E-state index in [0.717, 1.165) is 24.4 Å². The molecular formula is C15H26ClN3O2. The summed E-state index contributed by atoms with van der Waals surface area (Å²) in [5, 5.41) is 14.2. The van der Waals surface area contributed by atoms with E-state index in [9.17, 15) is 4.79 Å². The van der Waals surface area contributed by atoms with Gasteiger partial charge in [0.25, 0.3) is 0 Å². The topological polar surface area (TPSA) is 58.4 Å². The number of halogens is 1. The molecule has 1 aromatic rings. The van der Waals surface area contributed by atoms with Crippen molar-refractivity contribution in [3.8, 4) is 0 Å². The van der Waals surface area contributed by atoms with Crippen molar-refractivity contribution in [2.75, 3.05) is 6.54 Å². The first kappa shape index (κ1) is 18.0. The van der Waals surface area contributed by atoms with Crippen LogP contribution in [0.2, 0.25) is 5.02 Å². The fraction of sp³-hybridized carbons (Fsp3) is 0.733. The minimum atomic E-state index is -0.784. The maximum atomic E-state index is 10.9. The van der Waals surface area contributed by atoms with E-state index < -0.39 is 5.97 Å². The Balaban J connectivity index is 3.02. The van der Waals surface area contributed by atoms with E-state index in [1.165, 1.54) is 0 Å². The van der Waals surface area contributed by atoms with Crippen molar-refractivity contribution in [2.45, 2.75) is 66.1 Å². The lowest BCUT2D eigenvalue weighted by Crippen LogP contribution is -2.42. The summed E-state index contributed by atoms with van der Waals surface area (Å²) in [4.78, 5) is 13.0. The van der Waals surface area contributed by atoms with Crippen molar-refractivity contribution in [3.05, 3.63) is 16.4 Å². The van der Waals surface area contributed by atoms with E-state index in [1.54, 1.807) is 0 Å². The zero-order chi connectivity index (χ0) is 16.2. The number of hydrogen-bond acceptors (Lipinski definition) is 3. The molecule has 0 saturated heterocycles. The van der Waals surface area contributed by atoms with Crippen molar-refractivity contribution < 1.29 is 9.90 Å². The number of carboxylic acids is 1. The highest BCUT2D eigenvalue weighted by Crippen LogP contribution is 2.26. The second kappa shape index (κ2) is 7.27. The zero-order valence-corrected chi connectivity index (χ0v) is 14.4. The van der Waals surface area contributed by atoms with Crippen LogP contribution in [-0.4, -0.2) is 37.8 Å². The van der Waals surface area contributed by atoms with E-state index in [-0.39, 0.29) is 12.0 Å². The van der Waals surface area contributed by atoms with Gasteiger partial charge in [-0.2, -0.15) is 5.10 Å². The molecular weight excluding hydrogens is 290 g/mol. The van der Waals surface area contributed by atoms with E-state index in [4.69, 9.17) is 16.7 Å². The Hall–Kier alpha value is -1.07. The summed E-state index contributed by atoms with van der Waals surface area (Å²) in [7, 11) is 0. The first-order valence-corrected chi connectivity index (χ1v) is 7.79. The molecule has 0 bridgehead atoms. The second-order valence-electron chi connectivity index (χ2n) is 6.11. The van der Waals surface area contributed by atoms with Crippen molar-refractivity contribution in [1.29, 1.82) is 0 Å². The molecule has 1 N–H and O–H groups in total. The number of nitrogens with zero attached hydrogens (tertiary/aromatic N) is 3. The summed E-state index contributed by atoms with van der Waals surface area (Å²) < 4.78 is 1.92. The van der Waals surface area contributed by atoms with Gasteiger partial charge >= 0.3 is 5.97 Å². The van der Waals surface area contributed by atoms with E-state index in [0.29, 0.717) is 18.1 Å². The van der Waals surface area contributed by atoms with E-state index >= 15 is 0 Å². The quantitative estimate of drug-likeness (QED) is 0.839. The van der Waals surface area contributed by atoms with Gasteiger partial charge in [-0.15, -0.1) is 0 Å². The Morgan fingerprint density at radius 1 is 1.38 bits per heavy atom. The lowest BCUT2D eigenvalue weighted by atomic mass is 10.0. The van der Waals surface area contributed by atoms with Gasteiger partial charge in [-0.25, -0.2) is 0 Å². The highest BCUT2D eigenvalue weighted by atomic mass is 35.5. The number of aryl methyl sites for hydroxylation is 2. The predicted molar refractivity (Wildman–Crippen MR) is 84.7 cm³/mol. The molecule has 0 saturated carbocycles. The van der Waals surface area contributed by atoms with E-state index in [2.05, 4.69) is 30.8 Å². The third kappa shape index (κ3) is 4.71. The summed E-state index contributed by atoms with van der Waals surface area (Å²) >= 11 is 6.44. The molecule has 1 aromatic heterocycles. The van der Waals surface area contributed by atoms with Crippen LogP contribution in [0.15, 0.2) is 0 Å². The van der Waals surface area contributed by atoms with Gasteiger partial charge in [-0.1, -0.05) is 18.5 Å². The lowest BCUT2D eigenvalue weighted by molar-refractivity contribution is -0.137. The minimum absolute atomic E-state index is 0.121. The van der Waals surface area contributed by atoms with Crippen LogP contribution in [0.3, 0.4) is 0 Å². The van der Waals surface area contributed by atoms with Crippen LogP contribution in [0, 0.1) is 0 Å². The summed E-state index contributed by atoms with van der Waals surface area (Å²) in [6.45, 7) is 12.2. The largest absolute Gasteiger partial charge is 0.481 e. The highest BCUT2D eigenvalue weighted by Gasteiger charge is 2.25. The summed E-state index contributed by atoms with van der Waals surface area (Å²) in [6.07, 6.45) is 0.916. The smallest absolute Gasteiger partial charge is 0.304 e. The van der Waals surface area contributed by atoms with Gasteiger partial charge in [-0.3, -0.25) is 14.4 Å². The molecule has 0 aromatic carbocycles. The first-order chi connectivity index (χ1) is 9.70. The Morgan fingerprint density at radius 3 is 2.43 bits per heavy atom. The monoisotopic (exact) mass is 315 g/mol. The normalized spacial score (nSPS) is 12.1. The summed E-state index contributed by atoms with van der Waals surface area (Å²) in [6, 6.07) is 0. The van der Waals surface area contributed by atoms with Crippen LogP contribution in [0.5, 0.6) is 0 Å². The molecule has 0 atom stereocenters. The van der Waals surface area contributed by atoms with Gasteiger partial charge in [0.15, 0.2) is 0 Å². The van der Waals surface area contributed by atoms with Gasteiger partial charge in [-0.05, 0) is 34.1 Å². The molecule has 0 spiro atoms. The van der Waals surface area contributed by atoms with Gasteiger partial charge in [0.05, 0.1) is 22.8 Å². The van der Waals surface area contributed by atoms with Gasteiger partial charge in [0.2, 0.25) is 0 Å². The predicted octanol–water partition coefficient (Wildman–Crippen LogP) is 3.19. The number of hydrogen-bond donors (Lipinski definition) is 1. The lowest BCUT2D eigenvalue weighted by Gasteiger charge is -2.35. The fourth-order valence-corrected chi connectivity index (χ4v) is 2.56. The molecule has 120 valence electrons. The first-order valence-electron chi connectivity index (χ1n) is 7.41. The molecule has 6 heteroatoms. The Bertz CT molecular complexity index is 492.